The summed E-state index contributed by atoms with van der Waals surface area (Å²) in [6, 6.07) is 15.6. The molecule has 0 heterocycles. The number of sulfonamides is 1. The highest BCUT2D eigenvalue weighted by Crippen LogP contribution is 2.19. The fourth-order valence-electron chi connectivity index (χ4n) is 2.34. The number of aryl methyl sites for hydroxylation is 1. The number of carbonyl (C=O) groups is 1. The van der Waals surface area contributed by atoms with Crippen molar-refractivity contribution in [2.24, 2.45) is 0 Å². The molecule has 0 saturated heterocycles. The van der Waals surface area contributed by atoms with Gasteiger partial charge in [0.15, 0.2) is 0 Å². The minimum absolute atomic E-state index is 0.0149. The van der Waals surface area contributed by atoms with Crippen LogP contribution in [0.3, 0.4) is 0 Å². The van der Waals surface area contributed by atoms with Crippen LogP contribution >= 0.6 is 0 Å². The number of nitrogens with one attached hydrogen (secondary N) is 1. The van der Waals surface area contributed by atoms with E-state index in [2.05, 4.69) is 5.32 Å². The second kappa shape index (κ2) is 7.81. The van der Waals surface area contributed by atoms with Crippen LogP contribution in [0.4, 0.5) is 11.4 Å². The Kier molecular flexibility index (Phi) is 5.78. The number of hydrogen-bond acceptors (Lipinski definition) is 4. The minimum Gasteiger partial charge on any atom is -0.326 e. The topological polar surface area (TPSA) is 90.3 Å². The zero-order chi connectivity index (χ0) is 18.4. The van der Waals surface area contributed by atoms with Crippen LogP contribution in [0.1, 0.15) is 17.5 Å². The van der Waals surface area contributed by atoms with Crippen molar-refractivity contribution >= 4 is 27.3 Å². The lowest BCUT2D eigenvalue weighted by Crippen LogP contribution is -2.33. The smallest absolute Gasteiger partial charge is 0.232 e. The van der Waals surface area contributed by atoms with E-state index in [9.17, 15) is 13.2 Å². The van der Waals surface area contributed by atoms with Gasteiger partial charge in [-0.2, -0.15) is 5.26 Å². The first kappa shape index (κ1) is 18.5. The summed E-state index contributed by atoms with van der Waals surface area (Å²) >= 11 is 0. The largest absolute Gasteiger partial charge is 0.326 e. The lowest BCUT2D eigenvalue weighted by atomic mass is 10.2. The summed E-state index contributed by atoms with van der Waals surface area (Å²) in [4.78, 5) is 12.1. The van der Waals surface area contributed by atoms with Gasteiger partial charge in [-0.05, 0) is 48.9 Å². The SMILES string of the molecule is Cc1cccc(NC(=O)CCN(c2ccc(C#N)cc2)S(C)(=O)=O)c1. The number of amides is 1. The van der Waals surface area contributed by atoms with Crippen LogP contribution < -0.4 is 9.62 Å². The second-order valence-electron chi connectivity index (χ2n) is 5.66. The number of carbonyl (C=O) groups excluding carboxylic acids is 1. The second-order valence-corrected chi connectivity index (χ2v) is 7.57. The number of anilines is 2. The number of hydrogen-bond donors (Lipinski definition) is 1. The van der Waals surface area contributed by atoms with Gasteiger partial charge in [-0.3, -0.25) is 9.10 Å². The normalized spacial score (nSPS) is 10.8. The summed E-state index contributed by atoms with van der Waals surface area (Å²) in [7, 11) is -3.54. The summed E-state index contributed by atoms with van der Waals surface area (Å²) in [5.41, 5.74) is 2.56. The summed E-state index contributed by atoms with van der Waals surface area (Å²) < 4.78 is 25.2. The first-order valence-electron chi connectivity index (χ1n) is 7.64. The van der Waals surface area contributed by atoms with Crippen molar-refractivity contribution in [1.29, 1.82) is 5.26 Å². The van der Waals surface area contributed by atoms with Crippen LogP contribution in [0.25, 0.3) is 0 Å². The molecule has 0 radical (unpaired) electrons. The van der Waals surface area contributed by atoms with Gasteiger partial charge in [0.05, 0.1) is 23.6 Å². The molecule has 1 amide bonds. The quantitative estimate of drug-likeness (QED) is 0.860. The van der Waals surface area contributed by atoms with E-state index in [0.717, 1.165) is 16.1 Å². The van der Waals surface area contributed by atoms with E-state index in [1.54, 1.807) is 30.3 Å². The van der Waals surface area contributed by atoms with Crippen LogP contribution in [0, 0.1) is 18.3 Å². The van der Waals surface area contributed by atoms with Gasteiger partial charge in [-0.25, -0.2) is 8.42 Å². The highest BCUT2D eigenvalue weighted by molar-refractivity contribution is 7.92. The van der Waals surface area contributed by atoms with E-state index in [0.29, 0.717) is 16.9 Å². The van der Waals surface area contributed by atoms with Crippen LogP contribution in [0.5, 0.6) is 0 Å². The molecule has 0 bridgehead atoms. The van der Waals surface area contributed by atoms with Gasteiger partial charge in [0, 0.05) is 18.7 Å². The summed E-state index contributed by atoms with van der Waals surface area (Å²) in [5, 5.41) is 11.6. The zero-order valence-electron chi connectivity index (χ0n) is 14.1. The van der Waals surface area contributed by atoms with Crippen molar-refractivity contribution in [1.82, 2.24) is 0 Å². The van der Waals surface area contributed by atoms with Crippen molar-refractivity contribution in [3.63, 3.8) is 0 Å². The predicted octanol–water partition coefficient (Wildman–Crippen LogP) is 2.66. The van der Waals surface area contributed by atoms with Crippen molar-refractivity contribution in [2.45, 2.75) is 13.3 Å². The van der Waals surface area contributed by atoms with E-state index in [1.165, 1.54) is 0 Å². The first-order valence-corrected chi connectivity index (χ1v) is 9.49. The molecule has 7 heteroatoms. The number of rotatable bonds is 6. The van der Waals surface area contributed by atoms with Gasteiger partial charge in [-0.1, -0.05) is 12.1 Å². The highest BCUT2D eigenvalue weighted by Gasteiger charge is 2.18. The minimum atomic E-state index is -3.54. The van der Waals surface area contributed by atoms with Crippen LogP contribution in [0.15, 0.2) is 48.5 Å². The zero-order valence-corrected chi connectivity index (χ0v) is 14.9. The van der Waals surface area contributed by atoms with Crippen molar-refractivity contribution < 1.29 is 13.2 Å². The molecule has 25 heavy (non-hydrogen) atoms. The lowest BCUT2D eigenvalue weighted by Gasteiger charge is -2.22. The average Bonchev–Trinajstić information content (AvgIpc) is 2.54. The maximum Gasteiger partial charge on any atom is 0.232 e. The molecule has 130 valence electrons. The van der Waals surface area contributed by atoms with Crippen LogP contribution in [0.2, 0.25) is 0 Å². The molecule has 0 spiro atoms. The molecule has 2 rings (SSSR count). The Bertz CT molecular complexity index is 900. The molecule has 1 N–H and O–H groups in total. The Balaban J connectivity index is 2.07. The summed E-state index contributed by atoms with van der Waals surface area (Å²) in [6.07, 6.45) is 1.10. The number of nitriles is 1. The number of nitrogens with zero attached hydrogens (tertiary/aromatic N) is 2. The average molecular weight is 357 g/mol. The molecule has 6 nitrogen and oxygen atoms in total. The molecule has 2 aromatic carbocycles. The third kappa shape index (κ3) is 5.33. The van der Waals surface area contributed by atoms with Crippen LogP contribution in [-0.4, -0.2) is 27.1 Å². The van der Waals surface area contributed by atoms with E-state index >= 15 is 0 Å². The van der Waals surface area contributed by atoms with Crippen molar-refractivity contribution in [3.05, 3.63) is 59.7 Å². The van der Waals surface area contributed by atoms with Gasteiger partial charge in [0.25, 0.3) is 0 Å². The summed E-state index contributed by atoms with van der Waals surface area (Å²) in [6.45, 7) is 1.94. The Labute approximate surface area is 147 Å². The van der Waals surface area contributed by atoms with Gasteiger partial charge in [0.1, 0.15) is 0 Å². The Hall–Kier alpha value is -2.85. The van der Waals surface area contributed by atoms with E-state index in [-0.39, 0.29) is 18.9 Å². The molecule has 0 aromatic heterocycles. The van der Waals surface area contributed by atoms with E-state index in [1.807, 2.05) is 31.2 Å². The van der Waals surface area contributed by atoms with Crippen LogP contribution in [-0.2, 0) is 14.8 Å². The highest BCUT2D eigenvalue weighted by atomic mass is 32.2. The van der Waals surface area contributed by atoms with Gasteiger partial charge < -0.3 is 5.32 Å². The molecule has 0 aliphatic carbocycles. The van der Waals surface area contributed by atoms with E-state index < -0.39 is 10.0 Å². The van der Waals surface area contributed by atoms with Crippen molar-refractivity contribution in [2.75, 3.05) is 22.4 Å². The maximum absolute atomic E-state index is 12.1. The molecule has 0 atom stereocenters. The lowest BCUT2D eigenvalue weighted by molar-refractivity contribution is -0.116. The number of benzene rings is 2. The molecular formula is C18H19N3O3S. The molecule has 0 fully saturated rings. The predicted molar refractivity (Wildman–Crippen MR) is 97.8 cm³/mol. The fraction of sp³-hybridized carbons (Fsp3) is 0.222. The monoisotopic (exact) mass is 357 g/mol. The molecule has 0 saturated carbocycles. The third-order valence-electron chi connectivity index (χ3n) is 3.53. The molecule has 0 aliphatic rings. The Morgan fingerprint density at radius 2 is 1.88 bits per heavy atom. The molecular weight excluding hydrogens is 338 g/mol. The fourth-order valence-corrected chi connectivity index (χ4v) is 3.27. The van der Waals surface area contributed by atoms with E-state index in [4.69, 9.17) is 5.26 Å². The maximum atomic E-state index is 12.1. The van der Waals surface area contributed by atoms with Gasteiger partial charge in [0.2, 0.25) is 15.9 Å². The Morgan fingerprint density at radius 1 is 1.20 bits per heavy atom. The molecule has 2 aromatic rings. The molecule has 0 aliphatic heterocycles. The first-order chi connectivity index (χ1) is 11.8. The van der Waals surface area contributed by atoms with Crippen molar-refractivity contribution in [3.8, 4) is 6.07 Å². The van der Waals surface area contributed by atoms with Gasteiger partial charge in [-0.15, -0.1) is 0 Å². The molecule has 0 unspecified atom stereocenters. The summed E-state index contributed by atoms with van der Waals surface area (Å²) in [5.74, 6) is -0.270. The Morgan fingerprint density at radius 3 is 2.44 bits per heavy atom. The van der Waals surface area contributed by atoms with Gasteiger partial charge >= 0.3 is 0 Å². The standard InChI is InChI=1S/C18H19N3O3S/c1-14-4-3-5-16(12-14)20-18(22)10-11-21(25(2,23)24)17-8-6-15(13-19)7-9-17/h3-9,12H,10-11H2,1-2H3,(H,20,22). The third-order valence-corrected chi connectivity index (χ3v) is 4.72.